The molecule has 9 heteroatoms. The number of likely N-dealkylation sites (N-methyl/N-ethyl adjacent to an activating group) is 2. The van der Waals surface area contributed by atoms with E-state index in [2.05, 4.69) is 38.2 Å². The maximum absolute atomic E-state index is 12.1. The van der Waals surface area contributed by atoms with Crippen molar-refractivity contribution < 1.29 is 4.79 Å². The number of anilines is 2. The zero-order valence-corrected chi connectivity index (χ0v) is 15.7. The number of rotatable bonds is 3. The summed E-state index contributed by atoms with van der Waals surface area (Å²) < 4.78 is 1.97. The summed E-state index contributed by atoms with van der Waals surface area (Å²) in [6.45, 7) is 5.18. The molecule has 0 N–H and O–H groups in total. The first-order chi connectivity index (χ1) is 13.1. The van der Waals surface area contributed by atoms with Gasteiger partial charge >= 0.3 is 6.03 Å². The van der Waals surface area contributed by atoms with E-state index < -0.39 is 0 Å². The van der Waals surface area contributed by atoms with Gasteiger partial charge in [0.15, 0.2) is 5.82 Å². The van der Waals surface area contributed by atoms with Gasteiger partial charge in [0.2, 0.25) is 0 Å². The number of carbonyl (C=O) groups excluding carboxylic acids is 1. The predicted octanol–water partition coefficient (Wildman–Crippen LogP) is 0.594. The molecule has 0 aromatic carbocycles. The third-order valence-electron chi connectivity index (χ3n) is 5.79. The van der Waals surface area contributed by atoms with Crippen molar-refractivity contribution in [3.8, 4) is 0 Å². The first kappa shape index (κ1) is 16.5. The Labute approximate surface area is 158 Å². The quantitative estimate of drug-likeness (QED) is 0.790. The fourth-order valence-electron chi connectivity index (χ4n) is 3.98. The van der Waals surface area contributed by atoms with Gasteiger partial charge in [-0.05, 0) is 18.7 Å². The summed E-state index contributed by atoms with van der Waals surface area (Å²) in [5.74, 6) is 0.948. The highest BCUT2D eigenvalue weighted by Crippen LogP contribution is 2.29. The average Bonchev–Trinajstić information content (AvgIpc) is 3.21. The Kier molecular flexibility index (Phi) is 3.78. The Bertz CT molecular complexity index is 874. The summed E-state index contributed by atoms with van der Waals surface area (Å²) in [5.41, 5.74) is 3.29. The summed E-state index contributed by atoms with van der Waals surface area (Å²) in [5, 5.41) is 13.3. The molecule has 0 aliphatic carbocycles. The summed E-state index contributed by atoms with van der Waals surface area (Å²) in [4.78, 5) is 20.2. The lowest BCUT2D eigenvalue weighted by atomic mass is 10.1. The van der Waals surface area contributed by atoms with E-state index in [0.29, 0.717) is 6.04 Å². The Morgan fingerprint density at radius 1 is 1.11 bits per heavy atom. The van der Waals surface area contributed by atoms with Crippen molar-refractivity contribution in [3.63, 3.8) is 0 Å². The van der Waals surface area contributed by atoms with E-state index >= 15 is 0 Å². The smallest absolute Gasteiger partial charge is 0.324 e. The van der Waals surface area contributed by atoms with Crippen LogP contribution in [-0.4, -0.2) is 82.6 Å². The molecule has 0 saturated carbocycles. The topological polar surface area (TPSA) is 73.6 Å². The maximum Gasteiger partial charge on any atom is 0.324 e. The van der Waals surface area contributed by atoms with Gasteiger partial charge < -0.3 is 14.7 Å². The average molecular weight is 368 g/mol. The normalized spacial score (nSPS) is 21.0. The first-order valence-electron chi connectivity index (χ1n) is 9.44. The van der Waals surface area contributed by atoms with Crippen molar-refractivity contribution in [3.05, 3.63) is 29.7 Å². The summed E-state index contributed by atoms with van der Waals surface area (Å²) >= 11 is 0. The molecule has 27 heavy (non-hydrogen) atoms. The molecule has 0 bridgehead atoms. The largest absolute Gasteiger partial charge is 0.351 e. The first-order valence-corrected chi connectivity index (χ1v) is 9.44. The fourth-order valence-corrected chi connectivity index (χ4v) is 3.98. The van der Waals surface area contributed by atoms with Crippen LogP contribution in [0.4, 0.5) is 16.3 Å². The van der Waals surface area contributed by atoms with E-state index in [9.17, 15) is 4.79 Å². The van der Waals surface area contributed by atoms with Crippen LogP contribution in [0, 0.1) is 0 Å². The van der Waals surface area contributed by atoms with Crippen LogP contribution in [0.5, 0.6) is 0 Å². The van der Waals surface area contributed by atoms with Gasteiger partial charge in [-0.1, -0.05) is 0 Å². The highest BCUT2D eigenvalue weighted by atomic mass is 16.2. The molecule has 5 rings (SSSR count). The van der Waals surface area contributed by atoms with Gasteiger partial charge in [-0.2, -0.15) is 10.2 Å². The number of hydrogen-bond acceptors (Lipinski definition) is 6. The number of fused-ring (bicyclic) bond motifs is 1. The van der Waals surface area contributed by atoms with E-state index in [0.717, 1.165) is 62.9 Å². The van der Waals surface area contributed by atoms with Gasteiger partial charge in [0, 0.05) is 58.9 Å². The van der Waals surface area contributed by atoms with E-state index in [1.54, 1.807) is 16.0 Å². The zero-order valence-electron chi connectivity index (χ0n) is 15.7. The maximum atomic E-state index is 12.1. The summed E-state index contributed by atoms with van der Waals surface area (Å²) in [7, 11) is 3.97. The molecule has 0 atom stereocenters. The predicted molar refractivity (Wildman–Crippen MR) is 101 cm³/mol. The minimum atomic E-state index is 0.0408. The lowest BCUT2D eigenvalue weighted by molar-refractivity contribution is 0.229. The number of urea groups is 1. The van der Waals surface area contributed by atoms with Crippen LogP contribution in [0.25, 0.3) is 0 Å². The number of hydrogen-bond donors (Lipinski definition) is 0. The molecule has 9 nitrogen and oxygen atoms in total. The second-order valence-electron chi connectivity index (χ2n) is 7.76. The van der Waals surface area contributed by atoms with Gasteiger partial charge in [0.1, 0.15) is 0 Å². The van der Waals surface area contributed by atoms with Gasteiger partial charge in [-0.3, -0.25) is 9.58 Å². The van der Waals surface area contributed by atoms with Gasteiger partial charge in [0.25, 0.3) is 0 Å². The minimum Gasteiger partial charge on any atom is -0.351 e. The van der Waals surface area contributed by atoms with Crippen LogP contribution in [0.15, 0.2) is 18.5 Å². The van der Waals surface area contributed by atoms with Gasteiger partial charge in [-0.15, -0.1) is 5.10 Å². The number of carbonyl (C=O) groups is 1. The molecular formula is C18H24N8O. The third kappa shape index (κ3) is 2.82. The Balaban J connectivity index is 1.25. The Morgan fingerprint density at radius 2 is 1.96 bits per heavy atom. The van der Waals surface area contributed by atoms with Crippen LogP contribution in [0.3, 0.4) is 0 Å². The van der Waals surface area contributed by atoms with Crippen molar-refractivity contribution in [2.45, 2.75) is 19.0 Å². The molecule has 3 aliphatic rings. The van der Waals surface area contributed by atoms with E-state index in [4.69, 9.17) is 0 Å². The number of amides is 2. The van der Waals surface area contributed by atoms with Crippen molar-refractivity contribution in [2.24, 2.45) is 0 Å². The Hall–Kier alpha value is -2.68. The van der Waals surface area contributed by atoms with Crippen LogP contribution in [-0.2, 0) is 13.0 Å². The standard InChI is InChI=1S/C18H24N8O/c1-22-4-3-16-13(9-22)7-17(21-20-16)24-10-15(11-24)26-12-14(8-19-26)25-6-5-23(2)18(25)27/h7-8,12,15H,3-6,9-11H2,1-2H3. The molecule has 2 aromatic heterocycles. The van der Waals surface area contributed by atoms with Gasteiger partial charge in [-0.25, -0.2) is 4.79 Å². The van der Waals surface area contributed by atoms with Crippen molar-refractivity contribution >= 4 is 17.5 Å². The van der Waals surface area contributed by atoms with Crippen LogP contribution < -0.4 is 9.80 Å². The second-order valence-corrected chi connectivity index (χ2v) is 7.76. The van der Waals surface area contributed by atoms with Crippen molar-refractivity contribution in [1.82, 2.24) is 29.8 Å². The van der Waals surface area contributed by atoms with Crippen molar-refractivity contribution in [2.75, 3.05) is 56.6 Å². The minimum absolute atomic E-state index is 0.0408. The Morgan fingerprint density at radius 3 is 2.74 bits per heavy atom. The second kappa shape index (κ2) is 6.19. The lowest BCUT2D eigenvalue weighted by Gasteiger charge is -2.40. The molecule has 2 amide bonds. The van der Waals surface area contributed by atoms with Crippen LogP contribution in [0.2, 0.25) is 0 Å². The molecule has 2 fully saturated rings. The fraction of sp³-hybridized carbons (Fsp3) is 0.556. The summed E-state index contributed by atoms with van der Waals surface area (Å²) in [6, 6.07) is 2.52. The van der Waals surface area contributed by atoms with E-state index in [1.807, 2.05) is 17.9 Å². The van der Waals surface area contributed by atoms with E-state index in [1.165, 1.54) is 5.56 Å². The molecule has 142 valence electrons. The highest BCUT2D eigenvalue weighted by molar-refractivity contribution is 5.93. The summed E-state index contributed by atoms with van der Waals surface area (Å²) in [6.07, 6.45) is 4.74. The third-order valence-corrected chi connectivity index (χ3v) is 5.79. The molecule has 0 radical (unpaired) electrons. The molecule has 2 saturated heterocycles. The molecule has 3 aliphatic heterocycles. The monoisotopic (exact) mass is 368 g/mol. The molecular weight excluding hydrogens is 344 g/mol. The SMILES string of the molecule is CN1CCc2nnc(N3CC(n4cc(N5CCN(C)C5=O)cn4)C3)cc2C1. The molecule has 0 unspecified atom stereocenters. The van der Waals surface area contributed by atoms with Gasteiger partial charge in [0.05, 0.1) is 23.6 Å². The van der Waals surface area contributed by atoms with Crippen LogP contribution in [0.1, 0.15) is 17.3 Å². The highest BCUT2D eigenvalue weighted by Gasteiger charge is 2.33. The lowest BCUT2D eigenvalue weighted by Crippen LogP contribution is -2.48. The van der Waals surface area contributed by atoms with Crippen LogP contribution >= 0.6 is 0 Å². The van der Waals surface area contributed by atoms with E-state index in [-0.39, 0.29) is 6.03 Å². The zero-order chi connectivity index (χ0) is 18.5. The van der Waals surface area contributed by atoms with Crippen molar-refractivity contribution in [1.29, 1.82) is 0 Å². The molecule has 0 spiro atoms. The molecule has 5 heterocycles. The number of nitrogens with zero attached hydrogens (tertiary/aromatic N) is 8. The molecule has 2 aromatic rings. The number of aromatic nitrogens is 4.